The molecule has 0 aliphatic rings. The summed E-state index contributed by atoms with van der Waals surface area (Å²) in [5.74, 6) is 0. The normalized spacial score (nSPS) is 12.7. The second kappa shape index (κ2) is 6.38. The van der Waals surface area contributed by atoms with Crippen molar-refractivity contribution in [3.63, 3.8) is 0 Å². The van der Waals surface area contributed by atoms with Crippen molar-refractivity contribution in [1.82, 2.24) is 10.2 Å². The van der Waals surface area contributed by atoms with Crippen LogP contribution in [0.25, 0.3) is 0 Å². The molecule has 1 unspecified atom stereocenters. The van der Waals surface area contributed by atoms with E-state index in [9.17, 15) is 5.11 Å². The Balaban J connectivity index is 2.17. The zero-order valence-electron chi connectivity index (χ0n) is 9.75. The summed E-state index contributed by atoms with van der Waals surface area (Å²) < 4.78 is 2.81. The highest BCUT2D eigenvalue weighted by molar-refractivity contribution is 9.10. The Hall–Kier alpha value is -0.0800. The molecule has 3 nitrogen and oxygen atoms in total. The lowest BCUT2D eigenvalue weighted by molar-refractivity contribution is 0.198. The highest BCUT2D eigenvalue weighted by Gasteiger charge is 2.09. The molecule has 1 aromatic heterocycles. The number of rotatable bonds is 4. The van der Waals surface area contributed by atoms with Crippen LogP contribution in [0.4, 0.5) is 0 Å². The van der Waals surface area contributed by atoms with Crippen molar-refractivity contribution in [2.75, 3.05) is 6.26 Å². The molecule has 1 N–H and O–H groups in total. The molecule has 1 aromatic carbocycles. The van der Waals surface area contributed by atoms with E-state index < -0.39 is 6.10 Å². The first kappa shape index (κ1) is 14.3. The average molecular weight is 363 g/mol. The van der Waals surface area contributed by atoms with Crippen LogP contribution in [0.3, 0.4) is 0 Å². The summed E-state index contributed by atoms with van der Waals surface area (Å²) in [6, 6.07) is 5.90. The minimum absolute atomic E-state index is 0.469. The largest absolute Gasteiger partial charge is 0.389 e. The van der Waals surface area contributed by atoms with Crippen LogP contribution in [-0.4, -0.2) is 21.6 Å². The summed E-state index contributed by atoms with van der Waals surface area (Å²) >= 11 is 8.23. The molecule has 0 fully saturated rings. The molecule has 7 heteroatoms. The average Bonchev–Trinajstić information content (AvgIpc) is 2.76. The first-order valence-electron chi connectivity index (χ1n) is 5.13. The van der Waals surface area contributed by atoms with E-state index in [4.69, 9.17) is 0 Å². The van der Waals surface area contributed by atoms with E-state index in [1.54, 1.807) is 41.8 Å². The van der Waals surface area contributed by atoms with E-state index in [1.165, 1.54) is 0 Å². The maximum atomic E-state index is 9.56. The zero-order valence-corrected chi connectivity index (χ0v) is 13.8. The van der Waals surface area contributed by atoms with Crippen molar-refractivity contribution < 1.29 is 5.11 Å². The summed E-state index contributed by atoms with van der Waals surface area (Å²) in [6.45, 7) is 1.75. The predicted molar refractivity (Wildman–Crippen MR) is 80.6 cm³/mol. The van der Waals surface area contributed by atoms with Crippen molar-refractivity contribution in [1.29, 1.82) is 0 Å². The third-order valence-electron chi connectivity index (χ3n) is 2.19. The number of aromatic nitrogens is 2. The van der Waals surface area contributed by atoms with Crippen LogP contribution in [0.1, 0.15) is 18.6 Å². The van der Waals surface area contributed by atoms with Crippen LogP contribution in [0, 0.1) is 0 Å². The van der Waals surface area contributed by atoms with E-state index >= 15 is 0 Å². The van der Waals surface area contributed by atoms with Gasteiger partial charge in [0.25, 0.3) is 0 Å². The summed E-state index contributed by atoms with van der Waals surface area (Å²) in [4.78, 5) is 1.08. The second-order valence-electron chi connectivity index (χ2n) is 3.50. The molecule has 0 saturated carbocycles. The van der Waals surface area contributed by atoms with Gasteiger partial charge in [-0.15, -0.1) is 10.2 Å². The molecule has 96 valence electrons. The minimum Gasteiger partial charge on any atom is -0.389 e. The fraction of sp³-hybridized carbons (Fsp3) is 0.273. The van der Waals surface area contributed by atoms with Crippen LogP contribution < -0.4 is 0 Å². The monoisotopic (exact) mass is 362 g/mol. The quantitative estimate of drug-likeness (QED) is 0.824. The Morgan fingerprint density at radius 3 is 2.61 bits per heavy atom. The maximum Gasteiger partial charge on any atom is 0.179 e. The van der Waals surface area contributed by atoms with Crippen molar-refractivity contribution in [2.45, 2.75) is 26.6 Å². The van der Waals surface area contributed by atoms with Crippen LogP contribution in [0.5, 0.6) is 0 Å². The number of hydrogen-bond donors (Lipinski definition) is 1. The van der Waals surface area contributed by atoms with Gasteiger partial charge in [0.15, 0.2) is 8.68 Å². The predicted octanol–water partition coefficient (Wildman–Crippen LogP) is 4.23. The Morgan fingerprint density at radius 2 is 2.06 bits per heavy atom. The van der Waals surface area contributed by atoms with Gasteiger partial charge in [0.05, 0.1) is 6.10 Å². The number of nitrogens with zero attached hydrogens (tertiary/aromatic N) is 2. The summed E-state index contributed by atoms with van der Waals surface area (Å²) in [5, 5.41) is 17.7. The fourth-order valence-electron chi connectivity index (χ4n) is 1.33. The van der Waals surface area contributed by atoms with Gasteiger partial charge in [-0.2, -0.15) is 0 Å². The minimum atomic E-state index is -0.469. The Labute approximate surface area is 127 Å². The van der Waals surface area contributed by atoms with Crippen molar-refractivity contribution in [3.05, 3.63) is 28.2 Å². The van der Waals surface area contributed by atoms with E-state index in [0.29, 0.717) is 0 Å². The standard InChI is InChI=1S/C11H11BrN2OS3/c1-6(15)8-4-3-7(5-9(8)12)17-11-14-13-10(16-2)18-11/h3-6,15H,1-2H3. The van der Waals surface area contributed by atoms with E-state index in [0.717, 1.165) is 23.6 Å². The molecule has 0 radical (unpaired) electrons. The van der Waals surface area contributed by atoms with Gasteiger partial charge in [0.1, 0.15) is 0 Å². The number of thioether (sulfide) groups is 1. The lowest BCUT2D eigenvalue weighted by Gasteiger charge is -2.08. The first-order valence-corrected chi connectivity index (χ1v) is 8.78. The van der Waals surface area contributed by atoms with Gasteiger partial charge in [-0.3, -0.25) is 0 Å². The zero-order chi connectivity index (χ0) is 13.1. The molecule has 0 saturated heterocycles. The van der Waals surface area contributed by atoms with Gasteiger partial charge < -0.3 is 5.11 Å². The molecular weight excluding hydrogens is 352 g/mol. The topological polar surface area (TPSA) is 46.0 Å². The van der Waals surface area contributed by atoms with Crippen molar-refractivity contribution in [2.24, 2.45) is 0 Å². The SMILES string of the molecule is CSc1nnc(Sc2ccc(C(C)O)c(Br)c2)s1. The molecule has 18 heavy (non-hydrogen) atoms. The highest BCUT2D eigenvalue weighted by atomic mass is 79.9. The van der Waals surface area contributed by atoms with Crippen LogP contribution in [0.15, 0.2) is 36.2 Å². The number of hydrogen-bond acceptors (Lipinski definition) is 6. The van der Waals surface area contributed by atoms with E-state index in [2.05, 4.69) is 26.1 Å². The number of benzene rings is 1. The number of halogens is 1. The lowest BCUT2D eigenvalue weighted by atomic mass is 10.1. The van der Waals surface area contributed by atoms with Gasteiger partial charge >= 0.3 is 0 Å². The molecule has 0 aliphatic carbocycles. The molecule has 0 bridgehead atoms. The highest BCUT2D eigenvalue weighted by Crippen LogP contribution is 2.35. The first-order chi connectivity index (χ1) is 8.60. The molecule has 1 heterocycles. The van der Waals surface area contributed by atoms with Gasteiger partial charge in [0.2, 0.25) is 0 Å². The van der Waals surface area contributed by atoms with E-state index in [1.807, 2.05) is 24.5 Å². The van der Waals surface area contributed by atoms with Crippen molar-refractivity contribution in [3.8, 4) is 0 Å². The number of aliphatic hydroxyl groups is 1. The smallest absolute Gasteiger partial charge is 0.179 e. The summed E-state index contributed by atoms with van der Waals surface area (Å²) in [6.07, 6.45) is 1.52. The molecule has 0 aliphatic heterocycles. The fourth-order valence-corrected chi connectivity index (χ4v) is 4.65. The Bertz CT molecular complexity index is 545. The van der Waals surface area contributed by atoms with Gasteiger partial charge in [-0.25, -0.2) is 0 Å². The number of aliphatic hydroxyl groups excluding tert-OH is 1. The molecule has 0 spiro atoms. The van der Waals surface area contributed by atoms with Gasteiger partial charge in [-0.1, -0.05) is 56.9 Å². The molecule has 2 aromatic rings. The van der Waals surface area contributed by atoms with Gasteiger partial charge in [-0.05, 0) is 30.9 Å². The molecular formula is C11H11BrN2OS3. The summed E-state index contributed by atoms with van der Waals surface area (Å²) in [7, 11) is 0. The van der Waals surface area contributed by atoms with Crippen LogP contribution in [-0.2, 0) is 0 Å². The van der Waals surface area contributed by atoms with Gasteiger partial charge in [0, 0.05) is 9.37 Å². The van der Waals surface area contributed by atoms with E-state index in [-0.39, 0.29) is 0 Å². The maximum absolute atomic E-state index is 9.56. The Kier molecular flexibility index (Phi) is 5.08. The third-order valence-corrected chi connectivity index (χ3v) is 5.82. The molecule has 2 rings (SSSR count). The second-order valence-corrected chi connectivity index (χ2v) is 7.71. The van der Waals surface area contributed by atoms with Crippen LogP contribution >= 0.6 is 50.8 Å². The Morgan fingerprint density at radius 1 is 1.33 bits per heavy atom. The lowest BCUT2D eigenvalue weighted by Crippen LogP contribution is -1.92. The molecule has 0 amide bonds. The van der Waals surface area contributed by atoms with Crippen LogP contribution in [0.2, 0.25) is 0 Å². The van der Waals surface area contributed by atoms with Crippen molar-refractivity contribution >= 4 is 50.8 Å². The summed E-state index contributed by atoms with van der Waals surface area (Å²) in [5.41, 5.74) is 0.890. The third kappa shape index (κ3) is 3.48. The molecule has 1 atom stereocenters.